The van der Waals surface area contributed by atoms with Gasteiger partial charge in [-0.25, -0.2) is 0 Å². The highest BCUT2D eigenvalue weighted by Gasteiger charge is 2.33. The molecule has 0 radical (unpaired) electrons. The summed E-state index contributed by atoms with van der Waals surface area (Å²) in [4.78, 5) is 24.2. The topological polar surface area (TPSA) is 84.2 Å². The zero-order valence-corrected chi connectivity index (χ0v) is 16.1. The van der Waals surface area contributed by atoms with E-state index in [4.69, 9.17) is 5.73 Å². The standard InChI is InChI=1S/C21H33N3O2/c1-16(2)19(22)20(26)23-14-18(25)24-15-21(12-8-3-4-9-13-21)17-10-6-5-7-11-17/h5-7,10-11,16,19H,3-4,8-9,12-15,22H2,1-2H3,(H,23,26)(H,24,25)/t19-/m0/s1. The first-order valence-electron chi connectivity index (χ1n) is 9.80. The minimum Gasteiger partial charge on any atom is -0.354 e. The molecular weight excluding hydrogens is 326 g/mol. The van der Waals surface area contributed by atoms with E-state index in [0.717, 1.165) is 12.8 Å². The first kappa shape index (κ1) is 20.4. The molecule has 1 saturated carbocycles. The summed E-state index contributed by atoms with van der Waals surface area (Å²) in [6.45, 7) is 4.37. The molecule has 144 valence electrons. The van der Waals surface area contributed by atoms with E-state index in [9.17, 15) is 9.59 Å². The van der Waals surface area contributed by atoms with Crippen LogP contribution in [-0.2, 0) is 15.0 Å². The maximum absolute atomic E-state index is 12.3. The van der Waals surface area contributed by atoms with Crippen molar-refractivity contribution in [3.05, 3.63) is 35.9 Å². The average molecular weight is 360 g/mol. The van der Waals surface area contributed by atoms with Gasteiger partial charge in [-0.05, 0) is 24.3 Å². The van der Waals surface area contributed by atoms with Crippen LogP contribution < -0.4 is 16.4 Å². The van der Waals surface area contributed by atoms with Crippen molar-refractivity contribution in [3.63, 3.8) is 0 Å². The van der Waals surface area contributed by atoms with Crippen molar-refractivity contribution >= 4 is 11.8 Å². The summed E-state index contributed by atoms with van der Waals surface area (Å²) in [5.41, 5.74) is 7.10. The highest BCUT2D eigenvalue weighted by Crippen LogP contribution is 2.37. The Kier molecular flexibility index (Phi) is 7.64. The van der Waals surface area contributed by atoms with Crippen molar-refractivity contribution in [1.29, 1.82) is 0 Å². The van der Waals surface area contributed by atoms with Crippen LogP contribution in [0.5, 0.6) is 0 Å². The summed E-state index contributed by atoms with van der Waals surface area (Å²) >= 11 is 0. The van der Waals surface area contributed by atoms with Crippen LogP contribution in [0.25, 0.3) is 0 Å². The first-order valence-corrected chi connectivity index (χ1v) is 9.80. The number of nitrogens with two attached hydrogens (primary N) is 1. The Balaban J connectivity index is 1.95. The highest BCUT2D eigenvalue weighted by atomic mass is 16.2. The minimum atomic E-state index is -0.583. The van der Waals surface area contributed by atoms with Gasteiger partial charge in [-0.2, -0.15) is 0 Å². The number of hydrogen-bond acceptors (Lipinski definition) is 3. The number of carbonyl (C=O) groups excluding carboxylic acids is 2. The summed E-state index contributed by atoms with van der Waals surface area (Å²) in [6.07, 6.45) is 7.05. The molecule has 1 aliphatic carbocycles. The van der Waals surface area contributed by atoms with Gasteiger partial charge < -0.3 is 16.4 Å². The Bertz CT molecular complexity index is 578. The Labute approximate surface area is 157 Å². The third-order valence-corrected chi connectivity index (χ3v) is 5.51. The van der Waals surface area contributed by atoms with E-state index in [1.165, 1.54) is 31.2 Å². The Morgan fingerprint density at radius 1 is 1.04 bits per heavy atom. The van der Waals surface area contributed by atoms with E-state index in [1.54, 1.807) is 0 Å². The third-order valence-electron chi connectivity index (χ3n) is 5.51. The molecule has 0 aliphatic heterocycles. The SMILES string of the molecule is CC(C)[C@H](N)C(=O)NCC(=O)NCC1(c2ccccc2)CCCCCC1. The maximum atomic E-state index is 12.3. The van der Waals surface area contributed by atoms with Gasteiger partial charge in [0.25, 0.3) is 0 Å². The Hall–Kier alpha value is -1.88. The van der Waals surface area contributed by atoms with Crippen LogP contribution in [0, 0.1) is 5.92 Å². The van der Waals surface area contributed by atoms with Crippen molar-refractivity contribution in [2.75, 3.05) is 13.1 Å². The van der Waals surface area contributed by atoms with Gasteiger partial charge >= 0.3 is 0 Å². The number of hydrogen-bond donors (Lipinski definition) is 3. The molecule has 1 fully saturated rings. The van der Waals surface area contributed by atoms with Crippen LogP contribution in [0.4, 0.5) is 0 Å². The molecule has 0 aromatic heterocycles. The van der Waals surface area contributed by atoms with Crippen LogP contribution in [0.3, 0.4) is 0 Å². The predicted octanol–water partition coefficient (Wildman–Crippen LogP) is 2.49. The van der Waals surface area contributed by atoms with Crippen LogP contribution in [0.15, 0.2) is 30.3 Å². The molecule has 0 spiro atoms. The van der Waals surface area contributed by atoms with Gasteiger partial charge in [-0.1, -0.05) is 69.9 Å². The molecule has 1 aromatic rings. The highest BCUT2D eigenvalue weighted by molar-refractivity contribution is 5.87. The largest absolute Gasteiger partial charge is 0.354 e. The molecule has 0 saturated heterocycles. The number of carbonyl (C=O) groups is 2. The Morgan fingerprint density at radius 3 is 2.23 bits per heavy atom. The van der Waals surface area contributed by atoms with E-state index in [0.29, 0.717) is 6.54 Å². The number of rotatable bonds is 7. The molecule has 5 nitrogen and oxygen atoms in total. The summed E-state index contributed by atoms with van der Waals surface area (Å²) in [5.74, 6) is -0.387. The van der Waals surface area contributed by atoms with Crippen molar-refractivity contribution in [2.24, 2.45) is 11.7 Å². The second-order valence-corrected chi connectivity index (χ2v) is 7.82. The van der Waals surface area contributed by atoms with Crippen LogP contribution in [0.2, 0.25) is 0 Å². The van der Waals surface area contributed by atoms with Gasteiger partial charge in [0.15, 0.2) is 0 Å². The quantitative estimate of drug-likeness (QED) is 0.654. The summed E-state index contributed by atoms with van der Waals surface area (Å²) in [5, 5.41) is 5.69. The van der Waals surface area contributed by atoms with E-state index in [1.807, 2.05) is 19.9 Å². The van der Waals surface area contributed by atoms with Gasteiger partial charge in [0, 0.05) is 12.0 Å². The first-order chi connectivity index (χ1) is 12.4. The second kappa shape index (κ2) is 9.72. The van der Waals surface area contributed by atoms with Crippen LogP contribution in [0.1, 0.15) is 57.9 Å². The molecule has 1 aromatic carbocycles. The molecule has 0 unspecified atom stereocenters. The summed E-state index contributed by atoms with van der Waals surface area (Å²) in [6, 6.07) is 9.91. The molecule has 0 heterocycles. The van der Waals surface area contributed by atoms with Crippen molar-refractivity contribution < 1.29 is 9.59 Å². The van der Waals surface area contributed by atoms with Gasteiger partial charge in [0.05, 0.1) is 12.6 Å². The van der Waals surface area contributed by atoms with Crippen LogP contribution in [-0.4, -0.2) is 30.9 Å². The third kappa shape index (κ3) is 5.56. The lowest BCUT2D eigenvalue weighted by Crippen LogP contribution is -2.48. The van der Waals surface area contributed by atoms with E-state index in [-0.39, 0.29) is 29.7 Å². The minimum absolute atomic E-state index is 0.00817. The van der Waals surface area contributed by atoms with Crippen molar-refractivity contribution in [3.8, 4) is 0 Å². The molecule has 2 rings (SSSR count). The normalized spacial score (nSPS) is 18.0. The second-order valence-electron chi connectivity index (χ2n) is 7.82. The van der Waals surface area contributed by atoms with Gasteiger partial charge in [-0.15, -0.1) is 0 Å². The molecule has 5 heteroatoms. The molecule has 1 atom stereocenters. The van der Waals surface area contributed by atoms with E-state index < -0.39 is 6.04 Å². The molecule has 1 aliphatic rings. The van der Waals surface area contributed by atoms with Gasteiger partial charge in [0.1, 0.15) is 0 Å². The van der Waals surface area contributed by atoms with Gasteiger partial charge in [-0.3, -0.25) is 9.59 Å². The van der Waals surface area contributed by atoms with E-state index >= 15 is 0 Å². The monoisotopic (exact) mass is 359 g/mol. The lowest BCUT2D eigenvalue weighted by atomic mass is 9.74. The van der Waals surface area contributed by atoms with Crippen molar-refractivity contribution in [1.82, 2.24) is 10.6 Å². The fourth-order valence-corrected chi connectivity index (χ4v) is 3.68. The number of nitrogens with one attached hydrogen (secondary N) is 2. The number of benzene rings is 1. The number of amides is 2. The molecule has 2 amide bonds. The smallest absolute Gasteiger partial charge is 0.239 e. The van der Waals surface area contributed by atoms with E-state index in [2.05, 4.69) is 34.9 Å². The summed E-state index contributed by atoms with van der Waals surface area (Å²) < 4.78 is 0. The lowest BCUT2D eigenvalue weighted by Gasteiger charge is -2.34. The molecule has 4 N–H and O–H groups in total. The Morgan fingerprint density at radius 2 is 1.65 bits per heavy atom. The predicted molar refractivity (Wildman–Crippen MR) is 105 cm³/mol. The summed E-state index contributed by atoms with van der Waals surface area (Å²) in [7, 11) is 0. The zero-order chi connectivity index (χ0) is 19.0. The lowest BCUT2D eigenvalue weighted by molar-refractivity contribution is -0.127. The zero-order valence-electron chi connectivity index (χ0n) is 16.1. The molecule has 0 bridgehead atoms. The van der Waals surface area contributed by atoms with Crippen LogP contribution >= 0.6 is 0 Å². The molecule has 26 heavy (non-hydrogen) atoms. The molecular formula is C21H33N3O2. The maximum Gasteiger partial charge on any atom is 0.239 e. The average Bonchev–Trinajstić information content (AvgIpc) is 2.91. The van der Waals surface area contributed by atoms with Gasteiger partial charge in [0.2, 0.25) is 11.8 Å². The fourth-order valence-electron chi connectivity index (χ4n) is 3.68. The van der Waals surface area contributed by atoms with Crippen molar-refractivity contribution in [2.45, 2.75) is 63.8 Å². The fraction of sp³-hybridized carbons (Fsp3) is 0.619.